The normalized spacial score (nSPS) is 16.7. The monoisotopic (exact) mass is 492 g/mol. The number of hydrogen-bond donors (Lipinski definition) is 4. The molecule has 2 aromatic heterocycles. The number of fused-ring (bicyclic) bond motifs is 3. The lowest BCUT2D eigenvalue weighted by Gasteiger charge is -2.39. The summed E-state index contributed by atoms with van der Waals surface area (Å²) in [5.74, 6) is 0.171. The molecule has 0 aliphatic carbocycles. The Hall–Kier alpha value is -3.03. The highest BCUT2D eigenvalue weighted by Crippen LogP contribution is 2.40. The number of phenols is 1. The molecule has 0 amide bonds. The number of H-pyrrole nitrogens is 1. The third-order valence-electron chi connectivity index (χ3n) is 6.85. The Bertz CT molecular complexity index is 1410. The molecule has 1 aliphatic rings. The van der Waals surface area contributed by atoms with Gasteiger partial charge in [-0.15, -0.1) is 10.2 Å². The quantitative estimate of drug-likeness (QED) is 0.299. The van der Waals surface area contributed by atoms with Crippen LogP contribution >= 0.6 is 7.60 Å². The van der Waals surface area contributed by atoms with Gasteiger partial charge >= 0.3 is 7.60 Å². The Morgan fingerprint density at radius 3 is 2.54 bits per heavy atom. The van der Waals surface area contributed by atoms with Crippen molar-refractivity contribution in [3.63, 3.8) is 0 Å². The van der Waals surface area contributed by atoms with Gasteiger partial charge in [-0.05, 0) is 68.1 Å². The van der Waals surface area contributed by atoms with Gasteiger partial charge in [0.25, 0.3) is 0 Å². The first-order chi connectivity index (χ1) is 16.7. The van der Waals surface area contributed by atoms with Crippen LogP contribution in [0.5, 0.6) is 5.75 Å². The smallest absolute Gasteiger partial charge is 0.356 e. The first-order valence-corrected chi connectivity index (χ1v) is 13.4. The van der Waals surface area contributed by atoms with Crippen LogP contribution in [0.3, 0.4) is 0 Å². The number of hydrogen-bond acceptors (Lipinski definition) is 5. The summed E-state index contributed by atoms with van der Waals surface area (Å²) in [6.45, 7) is 5.34. The molecule has 0 bridgehead atoms. The topological polar surface area (TPSA) is 123 Å². The Balaban J connectivity index is 1.52. The molecular weight excluding hydrogens is 463 g/mol. The maximum atomic E-state index is 11.5. The number of rotatable bonds is 6. The lowest BCUT2D eigenvalue weighted by atomic mass is 9.90. The summed E-state index contributed by atoms with van der Waals surface area (Å²) in [6, 6.07) is 16.3. The van der Waals surface area contributed by atoms with Gasteiger partial charge in [0, 0.05) is 41.7 Å². The van der Waals surface area contributed by atoms with E-state index >= 15 is 0 Å². The number of aromatic hydroxyl groups is 1. The molecule has 4 N–H and O–H groups in total. The number of aromatic nitrogens is 3. The standard InChI is InChI=1S/C26H29N4O4P/c1-16(2)30-14-13-21-25(23(30)12-9-17-7-10-18(11-8-17)35(32,33)34)20-15-22(28-29-26(20)27-21)19-5-3-4-6-24(19)31/h3-8,10-11,15-16,23,31H,9,12-14H2,1-2H3,(H,27,29)(H2,32,33,34). The zero-order chi connectivity index (χ0) is 24.7. The molecule has 0 fully saturated rings. The maximum absolute atomic E-state index is 11.5. The fourth-order valence-electron chi connectivity index (χ4n) is 5.11. The zero-order valence-electron chi connectivity index (χ0n) is 19.7. The highest BCUT2D eigenvalue weighted by molar-refractivity contribution is 7.60. The van der Waals surface area contributed by atoms with Crippen molar-refractivity contribution in [2.45, 2.75) is 45.2 Å². The van der Waals surface area contributed by atoms with E-state index in [0.29, 0.717) is 17.3 Å². The fourth-order valence-corrected chi connectivity index (χ4v) is 5.65. The Labute approximate surface area is 203 Å². The van der Waals surface area contributed by atoms with Gasteiger partial charge in [0.2, 0.25) is 0 Å². The van der Waals surface area contributed by atoms with E-state index in [4.69, 9.17) is 0 Å². The van der Waals surface area contributed by atoms with Crippen molar-refractivity contribution in [1.82, 2.24) is 20.1 Å². The van der Waals surface area contributed by atoms with Gasteiger partial charge in [-0.25, -0.2) is 0 Å². The predicted molar refractivity (Wildman–Crippen MR) is 136 cm³/mol. The molecule has 8 nitrogen and oxygen atoms in total. The second-order valence-corrected chi connectivity index (χ2v) is 11.0. The van der Waals surface area contributed by atoms with Crippen LogP contribution in [-0.4, -0.2) is 47.6 Å². The largest absolute Gasteiger partial charge is 0.507 e. The van der Waals surface area contributed by atoms with Gasteiger partial charge < -0.3 is 19.9 Å². The molecule has 3 heterocycles. The molecule has 9 heteroatoms. The first kappa shape index (κ1) is 23.7. The van der Waals surface area contributed by atoms with E-state index in [1.54, 1.807) is 24.3 Å². The van der Waals surface area contributed by atoms with Crippen molar-refractivity contribution in [2.75, 3.05) is 6.54 Å². The van der Waals surface area contributed by atoms with Gasteiger partial charge in [-0.2, -0.15) is 0 Å². The number of aromatic amines is 1. The highest BCUT2D eigenvalue weighted by Gasteiger charge is 2.32. The molecule has 1 aliphatic heterocycles. The SMILES string of the molecule is CC(C)N1CCc2[nH]c3nnc(-c4ccccc4O)cc3c2C1CCc1ccc(P(=O)(O)O)cc1. The summed E-state index contributed by atoms with van der Waals surface area (Å²) in [6.07, 6.45) is 2.51. The number of nitrogens with zero attached hydrogens (tertiary/aromatic N) is 3. The first-order valence-electron chi connectivity index (χ1n) is 11.8. The minimum Gasteiger partial charge on any atom is -0.507 e. The summed E-state index contributed by atoms with van der Waals surface area (Å²) in [5.41, 5.74) is 5.45. The van der Waals surface area contributed by atoms with Crippen molar-refractivity contribution < 1.29 is 19.5 Å². The molecule has 1 unspecified atom stereocenters. The van der Waals surface area contributed by atoms with E-state index < -0.39 is 7.60 Å². The van der Waals surface area contributed by atoms with Crippen LogP contribution in [-0.2, 0) is 17.4 Å². The molecule has 0 radical (unpaired) electrons. The summed E-state index contributed by atoms with van der Waals surface area (Å²) in [7, 11) is -4.25. The fraction of sp³-hybridized carbons (Fsp3) is 0.308. The number of nitrogens with one attached hydrogen (secondary N) is 1. The van der Waals surface area contributed by atoms with E-state index in [-0.39, 0.29) is 17.1 Å². The van der Waals surface area contributed by atoms with E-state index in [0.717, 1.165) is 42.4 Å². The van der Waals surface area contributed by atoms with Crippen LogP contribution in [0.25, 0.3) is 22.3 Å². The van der Waals surface area contributed by atoms with Crippen molar-refractivity contribution in [1.29, 1.82) is 0 Å². The molecule has 1 atom stereocenters. The summed E-state index contributed by atoms with van der Waals surface area (Å²) in [4.78, 5) is 24.8. The molecule has 5 rings (SSSR count). The van der Waals surface area contributed by atoms with Crippen molar-refractivity contribution in [3.05, 3.63) is 71.4 Å². The average molecular weight is 493 g/mol. The molecular formula is C26H29N4O4P. The van der Waals surface area contributed by atoms with Gasteiger partial charge in [0.05, 0.1) is 11.0 Å². The van der Waals surface area contributed by atoms with Crippen molar-refractivity contribution in [2.24, 2.45) is 0 Å². The van der Waals surface area contributed by atoms with Crippen molar-refractivity contribution >= 4 is 23.9 Å². The van der Waals surface area contributed by atoms with Gasteiger partial charge in [-0.1, -0.05) is 24.3 Å². The lowest BCUT2D eigenvalue weighted by Crippen LogP contribution is -2.40. The second-order valence-electron chi connectivity index (χ2n) is 9.37. The predicted octanol–water partition coefficient (Wildman–Crippen LogP) is 4.07. The number of phenolic OH excluding ortho intramolecular Hbond substituents is 1. The Morgan fingerprint density at radius 2 is 1.86 bits per heavy atom. The van der Waals surface area contributed by atoms with E-state index in [1.165, 1.54) is 23.4 Å². The average Bonchev–Trinajstić information content (AvgIpc) is 3.20. The molecule has 4 aromatic rings. The molecule has 0 saturated heterocycles. The Morgan fingerprint density at radius 1 is 1.11 bits per heavy atom. The maximum Gasteiger partial charge on any atom is 0.356 e. The summed E-state index contributed by atoms with van der Waals surface area (Å²) < 4.78 is 11.5. The minimum absolute atomic E-state index is 0.0388. The van der Waals surface area contributed by atoms with Crippen LogP contribution in [0.2, 0.25) is 0 Å². The lowest BCUT2D eigenvalue weighted by molar-refractivity contribution is 0.135. The Kier molecular flexibility index (Phi) is 6.23. The highest BCUT2D eigenvalue weighted by atomic mass is 31.2. The van der Waals surface area contributed by atoms with E-state index in [1.807, 2.05) is 18.2 Å². The van der Waals surface area contributed by atoms with Gasteiger partial charge in [-0.3, -0.25) is 9.46 Å². The molecule has 35 heavy (non-hydrogen) atoms. The third-order valence-corrected chi connectivity index (χ3v) is 7.83. The molecule has 0 saturated carbocycles. The van der Waals surface area contributed by atoms with E-state index in [2.05, 4.69) is 33.9 Å². The van der Waals surface area contributed by atoms with Crippen LogP contribution < -0.4 is 5.30 Å². The van der Waals surface area contributed by atoms with Crippen LogP contribution in [0.1, 0.15) is 43.1 Å². The molecule has 2 aromatic carbocycles. The molecule has 182 valence electrons. The zero-order valence-corrected chi connectivity index (χ0v) is 20.6. The number of benzene rings is 2. The molecule has 0 spiro atoms. The number of aryl methyl sites for hydroxylation is 1. The van der Waals surface area contributed by atoms with Gasteiger partial charge in [0.1, 0.15) is 5.75 Å². The van der Waals surface area contributed by atoms with Crippen LogP contribution in [0.4, 0.5) is 0 Å². The minimum atomic E-state index is -4.25. The summed E-state index contributed by atoms with van der Waals surface area (Å²) >= 11 is 0. The summed E-state index contributed by atoms with van der Waals surface area (Å²) in [5, 5.41) is 20.2. The van der Waals surface area contributed by atoms with Crippen molar-refractivity contribution in [3.8, 4) is 17.0 Å². The second kappa shape index (κ2) is 9.21. The van der Waals surface area contributed by atoms with Crippen LogP contribution in [0.15, 0.2) is 54.6 Å². The van der Waals surface area contributed by atoms with Crippen LogP contribution in [0, 0.1) is 0 Å². The van der Waals surface area contributed by atoms with Gasteiger partial charge in [0.15, 0.2) is 5.65 Å². The third kappa shape index (κ3) is 4.62. The van der Waals surface area contributed by atoms with E-state index in [9.17, 15) is 19.5 Å². The number of para-hydroxylation sites is 1.